The van der Waals surface area contributed by atoms with Gasteiger partial charge in [0.2, 0.25) is 0 Å². The number of nitrogens with one attached hydrogen (secondary N) is 1. The highest BCUT2D eigenvalue weighted by atomic mass is 35.5. The summed E-state index contributed by atoms with van der Waals surface area (Å²) in [4.78, 5) is 19.4. The van der Waals surface area contributed by atoms with Crippen molar-refractivity contribution in [1.29, 1.82) is 0 Å². The quantitative estimate of drug-likeness (QED) is 0.914. The van der Waals surface area contributed by atoms with Crippen LogP contribution in [-0.2, 0) is 4.79 Å². The molecular weight excluding hydrogens is 282 g/mol. The molecule has 1 aromatic heterocycles. The number of carbonyl (C=O) groups excluding carboxylic acids is 1. The molecule has 0 saturated carbocycles. The summed E-state index contributed by atoms with van der Waals surface area (Å²) >= 11 is 5.75. The van der Waals surface area contributed by atoms with Crippen LogP contribution in [0.5, 0.6) is 11.8 Å². The zero-order valence-electron chi connectivity index (χ0n) is 10.7. The van der Waals surface area contributed by atoms with Crippen LogP contribution in [0.1, 0.15) is 0 Å². The van der Waals surface area contributed by atoms with E-state index in [2.05, 4.69) is 15.3 Å². The lowest BCUT2D eigenvalue weighted by atomic mass is 10.3. The fraction of sp³-hybridized carbons (Fsp3) is 0.154. The average molecular weight is 294 g/mol. The third kappa shape index (κ3) is 4.10. The lowest BCUT2D eigenvalue weighted by Crippen LogP contribution is -2.20. The van der Waals surface area contributed by atoms with E-state index < -0.39 is 0 Å². The first-order valence-electron chi connectivity index (χ1n) is 5.71. The average Bonchev–Trinajstić information content (AvgIpc) is 2.47. The monoisotopic (exact) mass is 293 g/mol. The van der Waals surface area contributed by atoms with Gasteiger partial charge in [0.15, 0.2) is 6.61 Å². The molecule has 0 fully saturated rings. The van der Waals surface area contributed by atoms with Crippen molar-refractivity contribution in [2.45, 2.75) is 0 Å². The van der Waals surface area contributed by atoms with Gasteiger partial charge in [0.05, 0.1) is 25.2 Å². The van der Waals surface area contributed by atoms with Crippen molar-refractivity contribution in [3.05, 3.63) is 41.7 Å². The Morgan fingerprint density at radius 2 is 1.90 bits per heavy atom. The van der Waals surface area contributed by atoms with E-state index in [1.54, 1.807) is 24.3 Å². The summed E-state index contributed by atoms with van der Waals surface area (Å²) < 4.78 is 10.1. The summed E-state index contributed by atoms with van der Waals surface area (Å²) in [6, 6.07) is 6.98. The van der Waals surface area contributed by atoms with E-state index in [-0.39, 0.29) is 18.5 Å². The molecular formula is C13H12ClN3O3. The number of halogens is 1. The minimum atomic E-state index is -0.311. The fourth-order valence-corrected chi connectivity index (χ4v) is 1.49. The van der Waals surface area contributed by atoms with Crippen LogP contribution >= 0.6 is 11.6 Å². The highest BCUT2D eigenvalue weighted by Crippen LogP contribution is 2.15. The van der Waals surface area contributed by atoms with Crippen LogP contribution in [0.4, 0.5) is 5.69 Å². The maximum atomic E-state index is 11.7. The van der Waals surface area contributed by atoms with E-state index >= 15 is 0 Å². The maximum absolute atomic E-state index is 11.7. The summed E-state index contributed by atoms with van der Waals surface area (Å²) in [5.74, 6) is 0.254. The number of nitrogens with zero attached hydrogens (tertiary/aromatic N) is 2. The molecule has 104 valence electrons. The number of methoxy groups -OCH3 is 1. The smallest absolute Gasteiger partial charge is 0.316 e. The number of benzene rings is 1. The van der Waals surface area contributed by atoms with Crippen molar-refractivity contribution in [2.24, 2.45) is 0 Å². The largest absolute Gasteiger partial charge is 0.484 e. The first-order valence-corrected chi connectivity index (χ1v) is 6.09. The van der Waals surface area contributed by atoms with E-state index in [4.69, 9.17) is 21.1 Å². The van der Waals surface area contributed by atoms with E-state index in [0.29, 0.717) is 16.5 Å². The molecule has 0 aliphatic heterocycles. The third-order valence-electron chi connectivity index (χ3n) is 2.28. The molecule has 0 radical (unpaired) electrons. The van der Waals surface area contributed by atoms with E-state index in [1.807, 2.05) is 0 Å². The SMILES string of the molecule is COc1ncc(NC(=O)COc2ccc(Cl)cc2)cn1. The molecule has 0 unspecified atom stereocenters. The molecule has 1 amide bonds. The number of ether oxygens (including phenoxy) is 2. The second-order valence-corrected chi connectivity index (χ2v) is 4.19. The Labute approximate surface area is 120 Å². The third-order valence-corrected chi connectivity index (χ3v) is 2.53. The molecule has 7 heteroatoms. The standard InChI is InChI=1S/C13H12ClN3O3/c1-19-13-15-6-10(7-16-13)17-12(18)8-20-11-4-2-9(14)3-5-11/h2-7H,8H2,1H3,(H,17,18). The molecule has 0 spiro atoms. The second kappa shape index (κ2) is 6.72. The van der Waals surface area contributed by atoms with E-state index in [9.17, 15) is 4.79 Å². The number of amides is 1. The van der Waals surface area contributed by atoms with Crippen molar-refractivity contribution < 1.29 is 14.3 Å². The van der Waals surface area contributed by atoms with Crippen molar-refractivity contribution in [2.75, 3.05) is 19.0 Å². The van der Waals surface area contributed by atoms with E-state index in [0.717, 1.165) is 0 Å². The molecule has 2 aromatic rings. The number of hydrogen-bond acceptors (Lipinski definition) is 5. The van der Waals surface area contributed by atoms with Gasteiger partial charge in [-0.3, -0.25) is 4.79 Å². The normalized spacial score (nSPS) is 9.90. The van der Waals surface area contributed by atoms with Gasteiger partial charge in [-0.2, -0.15) is 0 Å². The Kier molecular flexibility index (Phi) is 4.73. The summed E-state index contributed by atoms with van der Waals surface area (Å²) in [5.41, 5.74) is 0.468. The second-order valence-electron chi connectivity index (χ2n) is 3.75. The lowest BCUT2D eigenvalue weighted by molar-refractivity contribution is -0.118. The number of rotatable bonds is 5. The minimum absolute atomic E-state index is 0.117. The van der Waals surface area contributed by atoms with Crippen molar-refractivity contribution >= 4 is 23.2 Å². The summed E-state index contributed by atoms with van der Waals surface area (Å²) in [6.45, 7) is -0.117. The Hall–Kier alpha value is -2.34. The minimum Gasteiger partial charge on any atom is -0.484 e. The number of hydrogen-bond donors (Lipinski definition) is 1. The fourth-order valence-electron chi connectivity index (χ4n) is 1.36. The van der Waals surface area contributed by atoms with Gasteiger partial charge in [-0.25, -0.2) is 9.97 Å². The van der Waals surface area contributed by atoms with Crippen LogP contribution in [0.3, 0.4) is 0 Å². The van der Waals surface area contributed by atoms with Crippen LogP contribution < -0.4 is 14.8 Å². The van der Waals surface area contributed by atoms with Gasteiger partial charge in [0, 0.05) is 5.02 Å². The van der Waals surface area contributed by atoms with Crippen LogP contribution in [-0.4, -0.2) is 29.6 Å². The van der Waals surface area contributed by atoms with Crippen LogP contribution in [0.2, 0.25) is 5.02 Å². The summed E-state index contributed by atoms with van der Waals surface area (Å²) in [6.07, 6.45) is 2.90. The Morgan fingerprint density at radius 1 is 1.25 bits per heavy atom. The van der Waals surface area contributed by atoms with Crippen molar-refractivity contribution in [1.82, 2.24) is 9.97 Å². The topological polar surface area (TPSA) is 73.3 Å². The molecule has 0 bridgehead atoms. The van der Waals surface area contributed by atoms with Gasteiger partial charge in [-0.1, -0.05) is 11.6 Å². The maximum Gasteiger partial charge on any atom is 0.316 e. The number of carbonyl (C=O) groups is 1. The molecule has 2 rings (SSSR count). The zero-order chi connectivity index (χ0) is 14.4. The van der Waals surface area contributed by atoms with E-state index in [1.165, 1.54) is 19.5 Å². The van der Waals surface area contributed by atoms with Gasteiger partial charge < -0.3 is 14.8 Å². The lowest BCUT2D eigenvalue weighted by Gasteiger charge is -2.07. The zero-order valence-corrected chi connectivity index (χ0v) is 11.4. The van der Waals surface area contributed by atoms with Crippen LogP contribution in [0, 0.1) is 0 Å². The predicted octanol–water partition coefficient (Wildman–Crippen LogP) is 2.16. The molecule has 0 aliphatic carbocycles. The number of aromatic nitrogens is 2. The van der Waals surface area contributed by atoms with Gasteiger partial charge in [-0.15, -0.1) is 0 Å². The Balaban J connectivity index is 1.84. The molecule has 1 heterocycles. The van der Waals surface area contributed by atoms with Crippen LogP contribution in [0.15, 0.2) is 36.7 Å². The molecule has 1 N–H and O–H groups in total. The van der Waals surface area contributed by atoms with Gasteiger partial charge in [0.25, 0.3) is 5.91 Å². The van der Waals surface area contributed by atoms with Crippen LogP contribution in [0.25, 0.3) is 0 Å². The molecule has 0 saturated heterocycles. The molecule has 20 heavy (non-hydrogen) atoms. The molecule has 6 nitrogen and oxygen atoms in total. The Bertz CT molecular complexity index is 572. The Morgan fingerprint density at radius 3 is 2.50 bits per heavy atom. The molecule has 0 aliphatic rings. The summed E-state index contributed by atoms with van der Waals surface area (Å²) in [7, 11) is 1.47. The number of anilines is 1. The van der Waals surface area contributed by atoms with Crippen molar-refractivity contribution in [3.8, 4) is 11.8 Å². The van der Waals surface area contributed by atoms with Gasteiger partial charge in [-0.05, 0) is 24.3 Å². The predicted molar refractivity (Wildman–Crippen MR) is 74.2 cm³/mol. The molecule has 1 aromatic carbocycles. The molecule has 0 atom stereocenters. The summed E-state index contributed by atoms with van der Waals surface area (Å²) in [5, 5.41) is 3.21. The van der Waals surface area contributed by atoms with Gasteiger partial charge >= 0.3 is 6.01 Å². The highest BCUT2D eigenvalue weighted by Gasteiger charge is 2.05. The first kappa shape index (κ1) is 14.1. The van der Waals surface area contributed by atoms with Crippen molar-refractivity contribution in [3.63, 3.8) is 0 Å². The van der Waals surface area contributed by atoms with Gasteiger partial charge in [0.1, 0.15) is 5.75 Å². The highest BCUT2D eigenvalue weighted by molar-refractivity contribution is 6.30. The first-order chi connectivity index (χ1) is 9.67.